The van der Waals surface area contributed by atoms with Crippen molar-refractivity contribution in [1.29, 1.82) is 0 Å². The summed E-state index contributed by atoms with van der Waals surface area (Å²) in [5.41, 5.74) is 2.17. The van der Waals surface area contributed by atoms with Crippen LogP contribution in [0.2, 0.25) is 0 Å². The van der Waals surface area contributed by atoms with Crippen LogP contribution >= 0.6 is 0 Å². The SMILES string of the molecule is O=C(CNC(=O)Cc1ccccc1)NC[C@@H]1CCN(c2ccccc2)C1. The van der Waals surface area contributed by atoms with Gasteiger partial charge in [0, 0.05) is 25.3 Å². The number of carbonyl (C=O) groups excluding carboxylic acids is 2. The molecule has 1 fully saturated rings. The second-order valence-corrected chi connectivity index (χ2v) is 6.68. The van der Waals surface area contributed by atoms with Crippen molar-refractivity contribution in [2.75, 3.05) is 31.1 Å². The van der Waals surface area contributed by atoms with Crippen LogP contribution < -0.4 is 15.5 Å². The van der Waals surface area contributed by atoms with Gasteiger partial charge in [-0.05, 0) is 30.0 Å². The first-order valence-electron chi connectivity index (χ1n) is 9.08. The highest BCUT2D eigenvalue weighted by molar-refractivity contribution is 5.85. The molecule has 2 amide bonds. The molecule has 1 saturated heterocycles. The third-order valence-corrected chi connectivity index (χ3v) is 4.65. The molecule has 1 heterocycles. The summed E-state index contributed by atoms with van der Waals surface area (Å²) in [5.74, 6) is 0.172. The molecule has 26 heavy (non-hydrogen) atoms. The number of carbonyl (C=O) groups is 2. The number of hydrogen-bond acceptors (Lipinski definition) is 3. The Bertz CT molecular complexity index is 719. The summed E-state index contributed by atoms with van der Waals surface area (Å²) in [6.07, 6.45) is 1.36. The lowest BCUT2D eigenvalue weighted by Gasteiger charge is -2.18. The van der Waals surface area contributed by atoms with E-state index in [4.69, 9.17) is 0 Å². The number of amides is 2. The number of benzene rings is 2. The number of nitrogens with zero attached hydrogens (tertiary/aromatic N) is 1. The van der Waals surface area contributed by atoms with E-state index in [1.807, 2.05) is 48.5 Å². The Kier molecular flexibility index (Phi) is 6.25. The standard InChI is InChI=1S/C21H25N3O2/c25-20(13-17-7-3-1-4-8-17)23-15-21(26)22-14-18-11-12-24(16-18)19-9-5-2-6-10-19/h1-10,18H,11-16H2,(H,22,26)(H,23,25)/t18-/m0/s1. The van der Waals surface area contributed by atoms with Crippen LogP contribution in [0.25, 0.3) is 0 Å². The molecule has 1 atom stereocenters. The fourth-order valence-electron chi connectivity index (χ4n) is 3.22. The second kappa shape index (κ2) is 9.04. The van der Waals surface area contributed by atoms with Gasteiger partial charge in [-0.15, -0.1) is 0 Å². The first kappa shape index (κ1) is 18.0. The number of rotatable bonds is 7. The summed E-state index contributed by atoms with van der Waals surface area (Å²) < 4.78 is 0. The van der Waals surface area contributed by atoms with Crippen molar-refractivity contribution in [2.45, 2.75) is 12.8 Å². The molecule has 0 spiro atoms. The Morgan fingerprint density at radius 3 is 2.35 bits per heavy atom. The summed E-state index contributed by atoms with van der Waals surface area (Å²) in [6.45, 7) is 2.64. The van der Waals surface area contributed by atoms with Gasteiger partial charge in [-0.1, -0.05) is 48.5 Å². The van der Waals surface area contributed by atoms with E-state index < -0.39 is 0 Å². The Morgan fingerprint density at radius 1 is 0.923 bits per heavy atom. The molecule has 0 aromatic heterocycles. The highest BCUT2D eigenvalue weighted by atomic mass is 16.2. The number of para-hydroxylation sites is 1. The van der Waals surface area contributed by atoms with Crippen LogP contribution in [0.4, 0.5) is 5.69 Å². The van der Waals surface area contributed by atoms with Gasteiger partial charge in [0.05, 0.1) is 13.0 Å². The summed E-state index contributed by atoms with van der Waals surface area (Å²) in [7, 11) is 0. The normalized spacial score (nSPS) is 16.3. The predicted molar refractivity (Wildman–Crippen MR) is 103 cm³/mol. The molecule has 5 nitrogen and oxygen atoms in total. The van der Waals surface area contributed by atoms with Crippen molar-refractivity contribution >= 4 is 17.5 Å². The van der Waals surface area contributed by atoms with Crippen LogP contribution in [0.3, 0.4) is 0 Å². The third-order valence-electron chi connectivity index (χ3n) is 4.65. The fraction of sp³-hybridized carbons (Fsp3) is 0.333. The average Bonchev–Trinajstić information content (AvgIpc) is 3.15. The zero-order chi connectivity index (χ0) is 18.2. The van der Waals surface area contributed by atoms with Gasteiger partial charge in [0.15, 0.2) is 0 Å². The predicted octanol–water partition coefficient (Wildman–Crippen LogP) is 1.99. The van der Waals surface area contributed by atoms with Gasteiger partial charge in [-0.25, -0.2) is 0 Å². The molecule has 2 N–H and O–H groups in total. The highest BCUT2D eigenvalue weighted by Gasteiger charge is 2.22. The van der Waals surface area contributed by atoms with Crippen molar-refractivity contribution in [3.05, 3.63) is 66.2 Å². The van der Waals surface area contributed by atoms with E-state index in [1.54, 1.807) is 0 Å². The third kappa shape index (κ3) is 5.34. The molecule has 0 bridgehead atoms. The van der Waals surface area contributed by atoms with Gasteiger partial charge in [-0.2, -0.15) is 0 Å². The number of nitrogens with one attached hydrogen (secondary N) is 2. The first-order valence-corrected chi connectivity index (χ1v) is 9.08. The van der Waals surface area contributed by atoms with Gasteiger partial charge in [0.1, 0.15) is 0 Å². The van der Waals surface area contributed by atoms with Crippen LogP contribution in [0.15, 0.2) is 60.7 Å². The number of anilines is 1. The molecule has 0 aliphatic carbocycles. The van der Waals surface area contributed by atoms with Crippen LogP contribution in [-0.4, -0.2) is 38.0 Å². The lowest BCUT2D eigenvalue weighted by molar-refractivity contribution is -0.125. The van der Waals surface area contributed by atoms with E-state index in [0.717, 1.165) is 25.1 Å². The topological polar surface area (TPSA) is 61.4 Å². The van der Waals surface area contributed by atoms with Crippen molar-refractivity contribution < 1.29 is 9.59 Å². The maximum Gasteiger partial charge on any atom is 0.239 e. The average molecular weight is 351 g/mol. The summed E-state index contributed by atoms with van der Waals surface area (Å²) in [6, 6.07) is 19.8. The molecule has 2 aromatic carbocycles. The van der Waals surface area contributed by atoms with E-state index in [9.17, 15) is 9.59 Å². The Balaban J connectivity index is 1.34. The number of hydrogen-bond donors (Lipinski definition) is 2. The second-order valence-electron chi connectivity index (χ2n) is 6.68. The van der Waals surface area contributed by atoms with Crippen molar-refractivity contribution in [3.63, 3.8) is 0 Å². The molecule has 1 aliphatic heterocycles. The van der Waals surface area contributed by atoms with Gasteiger partial charge in [-0.3, -0.25) is 9.59 Å². The zero-order valence-corrected chi connectivity index (χ0v) is 14.9. The van der Waals surface area contributed by atoms with Gasteiger partial charge >= 0.3 is 0 Å². The lowest BCUT2D eigenvalue weighted by atomic mass is 10.1. The van der Waals surface area contributed by atoms with Crippen LogP contribution in [-0.2, 0) is 16.0 Å². The Hall–Kier alpha value is -2.82. The molecule has 136 valence electrons. The maximum absolute atomic E-state index is 12.0. The molecule has 0 radical (unpaired) electrons. The summed E-state index contributed by atoms with van der Waals surface area (Å²) in [5, 5.41) is 5.62. The molecule has 5 heteroatoms. The Labute approximate surface area is 154 Å². The van der Waals surface area contributed by atoms with Gasteiger partial charge in [0.2, 0.25) is 11.8 Å². The van der Waals surface area contributed by atoms with E-state index in [-0.39, 0.29) is 18.4 Å². The van der Waals surface area contributed by atoms with Crippen LogP contribution in [0.1, 0.15) is 12.0 Å². The van der Waals surface area contributed by atoms with Crippen LogP contribution in [0, 0.1) is 5.92 Å². The van der Waals surface area contributed by atoms with E-state index in [0.29, 0.717) is 18.9 Å². The molecule has 1 aliphatic rings. The monoisotopic (exact) mass is 351 g/mol. The van der Waals surface area contributed by atoms with E-state index in [1.165, 1.54) is 5.69 Å². The molecule has 2 aromatic rings. The van der Waals surface area contributed by atoms with Crippen molar-refractivity contribution in [2.24, 2.45) is 5.92 Å². The van der Waals surface area contributed by atoms with Gasteiger partial charge in [0.25, 0.3) is 0 Å². The van der Waals surface area contributed by atoms with Crippen molar-refractivity contribution in [3.8, 4) is 0 Å². The Morgan fingerprint density at radius 2 is 1.62 bits per heavy atom. The maximum atomic E-state index is 12.0. The minimum Gasteiger partial charge on any atom is -0.371 e. The fourth-order valence-corrected chi connectivity index (χ4v) is 3.22. The quantitative estimate of drug-likeness (QED) is 0.802. The first-order chi connectivity index (χ1) is 12.7. The van der Waals surface area contributed by atoms with E-state index >= 15 is 0 Å². The van der Waals surface area contributed by atoms with Crippen LogP contribution in [0.5, 0.6) is 0 Å². The largest absolute Gasteiger partial charge is 0.371 e. The van der Waals surface area contributed by atoms with E-state index in [2.05, 4.69) is 27.7 Å². The molecular weight excluding hydrogens is 326 g/mol. The van der Waals surface area contributed by atoms with Gasteiger partial charge < -0.3 is 15.5 Å². The molecule has 0 saturated carbocycles. The molecular formula is C21H25N3O2. The molecule has 3 rings (SSSR count). The summed E-state index contributed by atoms with van der Waals surface area (Å²) >= 11 is 0. The van der Waals surface area contributed by atoms with Crippen molar-refractivity contribution in [1.82, 2.24) is 10.6 Å². The lowest BCUT2D eigenvalue weighted by Crippen LogP contribution is -2.39. The highest BCUT2D eigenvalue weighted by Crippen LogP contribution is 2.22. The summed E-state index contributed by atoms with van der Waals surface area (Å²) in [4.78, 5) is 26.2. The minimum absolute atomic E-state index is 0.0286. The minimum atomic E-state index is -0.137. The molecule has 0 unspecified atom stereocenters. The smallest absolute Gasteiger partial charge is 0.239 e. The zero-order valence-electron chi connectivity index (χ0n) is 14.9.